The summed E-state index contributed by atoms with van der Waals surface area (Å²) >= 11 is 0. The molecule has 2 heterocycles. The molecule has 7 nitrogen and oxygen atoms in total. The molecule has 0 saturated heterocycles. The van der Waals surface area contributed by atoms with Crippen LogP contribution in [-0.4, -0.2) is 19.9 Å². The van der Waals surface area contributed by atoms with Crippen molar-refractivity contribution in [1.82, 2.24) is 19.9 Å². The molecule has 0 atom stereocenters. The van der Waals surface area contributed by atoms with Crippen LogP contribution in [0.2, 0.25) is 0 Å². The SMILES string of the molecule is c1ccc(Nc2nc(Nc3ccccc3)nc(Nc3ccncc3)n2)cc1. The Hall–Kier alpha value is -4.00. The first kappa shape index (κ1) is 16.5. The molecule has 4 aromatic rings. The van der Waals surface area contributed by atoms with E-state index in [-0.39, 0.29) is 0 Å². The normalized spacial score (nSPS) is 10.2. The van der Waals surface area contributed by atoms with Gasteiger partial charge in [-0.15, -0.1) is 0 Å². The third-order valence-corrected chi connectivity index (χ3v) is 3.63. The fourth-order valence-corrected chi connectivity index (χ4v) is 2.41. The fraction of sp³-hybridized carbons (Fsp3) is 0. The van der Waals surface area contributed by atoms with Gasteiger partial charge in [-0.1, -0.05) is 36.4 Å². The Kier molecular flexibility index (Phi) is 4.83. The van der Waals surface area contributed by atoms with Crippen molar-refractivity contribution in [3.63, 3.8) is 0 Å². The highest BCUT2D eigenvalue weighted by Crippen LogP contribution is 2.20. The van der Waals surface area contributed by atoms with E-state index in [4.69, 9.17) is 0 Å². The molecule has 2 aromatic heterocycles. The van der Waals surface area contributed by atoms with Crippen LogP contribution in [-0.2, 0) is 0 Å². The summed E-state index contributed by atoms with van der Waals surface area (Å²) < 4.78 is 0. The lowest BCUT2D eigenvalue weighted by Crippen LogP contribution is -2.07. The molecule has 0 spiro atoms. The number of rotatable bonds is 6. The van der Waals surface area contributed by atoms with Crippen molar-refractivity contribution < 1.29 is 0 Å². The van der Waals surface area contributed by atoms with E-state index in [2.05, 4.69) is 35.9 Å². The second-order valence-electron chi connectivity index (χ2n) is 5.65. The average Bonchev–Trinajstić information content (AvgIpc) is 2.70. The smallest absolute Gasteiger partial charge is 0.233 e. The minimum atomic E-state index is 0.424. The summed E-state index contributed by atoms with van der Waals surface area (Å²) in [6.07, 6.45) is 3.41. The van der Waals surface area contributed by atoms with Crippen LogP contribution in [0.4, 0.5) is 34.9 Å². The molecule has 2 aromatic carbocycles. The number of hydrogen-bond donors (Lipinski definition) is 3. The van der Waals surface area contributed by atoms with Gasteiger partial charge in [-0.25, -0.2) is 0 Å². The zero-order valence-corrected chi connectivity index (χ0v) is 14.4. The second-order valence-corrected chi connectivity index (χ2v) is 5.65. The maximum absolute atomic E-state index is 4.47. The van der Waals surface area contributed by atoms with E-state index in [1.165, 1.54) is 0 Å². The van der Waals surface area contributed by atoms with Crippen molar-refractivity contribution >= 4 is 34.9 Å². The monoisotopic (exact) mass is 355 g/mol. The van der Waals surface area contributed by atoms with Gasteiger partial charge in [0.1, 0.15) is 0 Å². The summed E-state index contributed by atoms with van der Waals surface area (Å²) in [5.41, 5.74) is 2.63. The molecule has 3 N–H and O–H groups in total. The predicted octanol–water partition coefficient (Wildman–Crippen LogP) is 4.50. The number of nitrogens with one attached hydrogen (secondary N) is 3. The second kappa shape index (κ2) is 7.92. The molecular formula is C20H17N7. The van der Waals surface area contributed by atoms with E-state index in [9.17, 15) is 0 Å². The van der Waals surface area contributed by atoms with E-state index in [0.717, 1.165) is 17.1 Å². The minimum Gasteiger partial charge on any atom is -0.324 e. The first-order valence-electron chi connectivity index (χ1n) is 8.42. The van der Waals surface area contributed by atoms with Crippen molar-refractivity contribution in [3.05, 3.63) is 85.2 Å². The zero-order chi connectivity index (χ0) is 18.3. The van der Waals surface area contributed by atoms with Gasteiger partial charge in [0.15, 0.2) is 0 Å². The first-order valence-corrected chi connectivity index (χ1v) is 8.42. The summed E-state index contributed by atoms with van der Waals surface area (Å²) in [5, 5.41) is 9.58. The maximum Gasteiger partial charge on any atom is 0.233 e. The molecule has 0 bridgehead atoms. The summed E-state index contributed by atoms with van der Waals surface area (Å²) in [4.78, 5) is 17.4. The van der Waals surface area contributed by atoms with Crippen molar-refractivity contribution in [2.75, 3.05) is 16.0 Å². The molecule has 0 radical (unpaired) electrons. The molecule has 0 amide bonds. The quantitative estimate of drug-likeness (QED) is 0.469. The van der Waals surface area contributed by atoms with Crippen LogP contribution in [0.5, 0.6) is 0 Å². The highest BCUT2D eigenvalue weighted by Gasteiger charge is 2.08. The first-order chi connectivity index (χ1) is 13.3. The van der Waals surface area contributed by atoms with Crippen molar-refractivity contribution in [3.8, 4) is 0 Å². The van der Waals surface area contributed by atoms with Gasteiger partial charge in [0, 0.05) is 29.5 Å². The summed E-state index contributed by atoms with van der Waals surface area (Å²) in [5.74, 6) is 1.30. The van der Waals surface area contributed by atoms with Crippen LogP contribution in [0.3, 0.4) is 0 Å². The topological polar surface area (TPSA) is 87.7 Å². The summed E-state index contributed by atoms with van der Waals surface area (Å²) in [6.45, 7) is 0. The van der Waals surface area contributed by atoms with Crippen LogP contribution in [0.25, 0.3) is 0 Å². The van der Waals surface area contributed by atoms with E-state index in [1.807, 2.05) is 72.8 Å². The molecular weight excluding hydrogens is 338 g/mol. The van der Waals surface area contributed by atoms with Crippen molar-refractivity contribution in [2.45, 2.75) is 0 Å². The zero-order valence-electron chi connectivity index (χ0n) is 14.4. The molecule has 0 fully saturated rings. The van der Waals surface area contributed by atoms with Gasteiger partial charge in [0.05, 0.1) is 0 Å². The largest absolute Gasteiger partial charge is 0.324 e. The number of benzene rings is 2. The van der Waals surface area contributed by atoms with E-state index < -0.39 is 0 Å². The molecule has 7 heteroatoms. The molecule has 132 valence electrons. The fourth-order valence-electron chi connectivity index (χ4n) is 2.41. The molecule has 0 aliphatic heterocycles. The molecule has 0 aliphatic carbocycles. The van der Waals surface area contributed by atoms with Crippen molar-refractivity contribution in [2.24, 2.45) is 0 Å². The van der Waals surface area contributed by atoms with Crippen LogP contribution in [0.1, 0.15) is 0 Å². The molecule has 27 heavy (non-hydrogen) atoms. The number of hydrogen-bond acceptors (Lipinski definition) is 7. The van der Waals surface area contributed by atoms with Crippen molar-refractivity contribution in [1.29, 1.82) is 0 Å². The molecule has 0 unspecified atom stereocenters. The summed E-state index contributed by atoms with van der Waals surface area (Å²) in [7, 11) is 0. The Bertz CT molecular complexity index is 848. The standard InChI is InChI=1S/C20H17N7/c1-3-7-15(8-4-1)22-18-25-19(23-16-9-5-2-6-10-16)27-20(26-18)24-17-11-13-21-14-12-17/h1-14H,(H3,21,22,23,24,25,26,27). The Labute approximate surface area is 156 Å². The average molecular weight is 355 g/mol. The highest BCUT2D eigenvalue weighted by molar-refractivity contribution is 5.61. The third kappa shape index (κ3) is 4.55. The van der Waals surface area contributed by atoms with Gasteiger partial charge in [-0.05, 0) is 36.4 Å². The van der Waals surface area contributed by atoms with Gasteiger partial charge in [-0.3, -0.25) is 4.98 Å². The van der Waals surface area contributed by atoms with Gasteiger partial charge in [0.2, 0.25) is 17.8 Å². The van der Waals surface area contributed by atoms with E-state index in [1.54, 1.807) is 12.4 Å². The Morgan fingerprint density at radius 1 is 0.444 bits per heavy atom. The summed E-state index contributed by atoms with van der Waals surface area (Å²) in [6, 6.07) is 23.2. The Morgan fingerprint density at radius 3 is 1.22 bits per heavy atom. The Morgan fingerprint density at radius 2 is 0.815 bits per heavy atom. The van der Waals surface area contributed by atoms with Gasteiger partial charge < -0.3 is 16.0 Å². The van der Waals surface area contributed by atoms with Gasteiger partial charge in [0.25, 0.3) is 0 Å². The van der Waals surface area contributed by atoms with E-state index in [0.29, 0.717) is 17.8 Å². The molecule has 4 rings (SSSR count). The van der Waals surface area contributed by atoms with Crippen LogP contribution < -0.4 is 16.0 Å². The number of aromatic nitrogens is 4. The Balaban J connectivity index is 1.64. The number of nitrogens with zero attached hydrogens (tertiary/aromatic N) is 4. The van der Waals surface area contributed by atoms with Gasteiger partial charge in [-0.2, -0.15) is 15.0 Å². The molecule has 0 saturated carbocycles. The lowest BCUT2D eigenvalue weighted by Gasteiger charge is -2.11. The van der Waals surface area contributed by atoms with Crippen LogP contribution in [0.15, 0.2) is 85.2 Å². The number of para-hydroxylation sites is 2. The predicted molar refractivity (Wildman–Crippen MR) is 107 cm³/mol. The minimum absolute atomic E-state index is 0.424. The lowest BCUT2D eigenvalue weighted by molar-refractivity contribution is 1.06. The third-order valence-electron chi connectivity index (χ3n) is 3.63. The lowest BCUT2D eigenvalue weighted by atomic mass is 10.3. The number of pyridine rings is 1. The van der Waals surface area contributed by atoms with Crippen LogP contribution in [0, 0.1) is 0 Å². The number of anilines is 6. The van der Waals surface area contributed by atoms with Crippen LogP contribution >= 0.6 is 0 Å². The maximum atomic E-state index is 4.47. The highest BCUT2D eigenvalue weighted by atomic mass is 15.3. The molecule has 0 aliphatic rings. The van der Waals surface area contributed by atoms with E-state index >= 15 is 0 Å². The van der Waals surface area contributed by atoms with Gasteiger partial charge >= 0.3 is 0 Å².